The summed E-state index contributed by atoms with van der Waals surface area (Å²) in [7, 11) is 3.56. The Labute approximate surface area is 186 Å². The zero-order valence-electron chi connectivity index (χ0n) is 16.5. The third-order valence-electron chi connectivity index (χ3n) is 4.18. The van der Waals surface area contributed by atoms with Gasteiger partial charge in [0, 0.05) is 20.6 Å². The maximum absolute atomic E-state index is 13.0. The molecule has 0 saturated carbocycles. The van der Waals surface area contributed by atoms with Gasteiger partial charge in [0.2, 0.25) is 0 Å². The van der Waals surface area contributed by atoms with Crippen molar-refractivity contribution >= 4 is 29.9 Å². The van der Waals surface area contributed by atoms with Crippen LogP contribution in [-0.2, 0) is 20.1 Å². The Kier molecular flexibility index (Phi) is 8.37. The highest BCUT2D eigenvalue weighted by atomic mass is 127. The lowest BCUT2D eigenvalue weighted by atomic mass is 10.1. The molecule has 0 amide bonds. The van der Waals surface area contributed by atoms with Crippen LogP contribution in [0, 0.1) is 12.7 Å². The maximum Gasteiger partial charge on any atom is 0.191 e. The fourth-order valence-corrected chi connectivity index (χ4v) is 2.61. The first-order valence-corrected chi connectivity index (χ1v) is 8.85. The molecular formula is C20H24FIN6O. The Balaban J connectivity index is 0.00000300. The van der Waals surface area contributed by atoms with Gasteiger partial charge < -0.3 is 15.4 Å². The summed E-state index contributed by atoms with van der Waals surface area (Å²) in [6.07, 6.45) is 1.52. The number of aromatic nitrogens is 3. The van der Waals surface area contributed by atoms with Crippen LogP contribution in [0.25, 0.3) is 0 Å². The van der Waals surface area contributed by atoms with Crippen LogP contribution in [0.4, 0.5) is 4.39 Å². The van der Waals surface area contributed by atoms with Gasteiger partial charge in [-0.2, -0.15) is 5.10 Å². The minimum Gasteiger partial charge on any atom is -0.457 e. The van der Waals surface area contributed by atoms with Crippen molar-refractivity contribution in [3.8, 4) is 11.5 Å². The lowest BCUT2D eigenvalue weighted by Crippen LogP contribution is -2.36. The van der Waals surface area contributed by atoms with Gasteiger partial charge in [-0.3, -0.25) is 9.67 Å². The van der Waals surface area contributed by atoms with E-state index in [1.165, 1.54) is 18.5 Å². The van der Waals surface area contributed by atoms with Crippen molar-refractivity contribution in [3.05, 3.63) is 71.6 Å². The first-order chi connectivity index (χ1) is 13.5. The van der Waals surface area contributed by atoms with E-state index in [0.717, 1.165) is 22.7 Å². The van der Waals surface area contributed by atoms with Crippen molar-refractivity contribution in [1.29, 1.82) is 0 Å². The normalized spacial score (nSPS) is 11.0. The molecule has 1 aromatic heterocycles. The molecule has 0 saturated heterocycles. The van der Waals surface area contributed by atoms with Crippen LogP contribution in [-0.4, -0.2) is 27.8 Å². The Morgan fingerprint density at radius 3 is 2.48 bits per heavy atom. The first kappa shape index (κ1) is 22.6. The molecule has 2 N–H and O–H groups in total. The molecule has 2 aromatic carbocycles. The molecule has 0 aliphatic heterocycles. The van der Waals surface area contributed by atoms with Gasteiger partial charge in [-0.05, 0) is 48.4 Å². The molecule has 0 fully saturated rings. The summed E-state index contributed by atoms with van der Waals surface area (Å²) in [6.45, 7) is 3.11. The van der Waals surface area contributed by atoms with E-state index >= 15 is 0 Å². The summed E-state index contributed by atoms with van der Waals surface area (Å²) in [5.41, 5.74) is 2.08. The number of hydrogen-bond acceptors (Lipinski definition) is 4. The van der Waals surface area contributed by atoms with Gasteiger partial charge in [0.25, 0.3) is 0 Å². The summed E-state index contributed by atoms with van der Waals surface area (Å²) in [5.74, 6) is 2.55. The number of aliphatic imine (C=N–C) groups is 1. The van der Waals surface area contributed by atoms with Gasteiger partial charge in [-0.15, -0.1) is 24.0 Å². The maximum atomic E-state index is 13.0. The van der Waals surface area contributed by atoms with Gasteiger partial charge in [-0.1, -0.05) is 12.1 Å². The molecule has 0 aliphatic rings. The average Bonchev–Trinajstić information content (AvgIpc) is 3.10. The highest BCUT2D eigenvalue weighted by Crippen LogP contribution is 2.25. The van der Waals surface area contributed by atoms with E-state index in [4.69, 9.17) is 4.74 Å². The third-order valence-corrected chi connectivity index (χ3v) is 4.18. The number of rotatable bonds is 6. The number of ether oxygens (including phenoxy) is 1. The molecule has 1 heterocycles. The molecule has 3 aromatic rings. The summed E-state index contributed by atoms with van der Waals surface area (Å²) >= 11 is 0. The fraction of sp³-hybridized carbons (Fsp3) is 0.250. The zero-order valence-corrected chi connectivity index (χ0v) is 18.8. The van der Waals surface area contributed by atoms with Crippen LogP contribution in [0.15, 0.2) is 53.8 Å². The first-order valence-electron chi connectivity index (χ1n) is 8.85. The van der Waals surface area contributed by atoms with Crippen LogP contribution < -0.4 is 15.4 Å². The van der Waals surface area contributed by atoms with Gasteiger partial charge in [0.15, 0.2) is 5.96 Å². The summed E-state index contributed by atoms with van der Waals surface area (Å²) in [6, 6.07) is 11.9. The van der Waals surface area contributed by atoms with Gasteiger partial charge in [-0.25, -0.2) is 9.37 Å². The molecule has 154 valence electrons. The lowest BCUT2D eigenvalue weighted by molar-refractivity contribution is 0.476. The Bertz CT molecular complexity index is 958. The van der Waals surface area contributed by atoms with Crippen molar-refractivity contribution in [2.75, 3.05) is 7.05 Å². The Hall–Kier alpha value is -2.69. The number of aryl methyl sites for hydroxylation is 2. The SMILES string of the molecule is CN=C(NCc1ccc(Oc2ccc(F)cc2)c(C)c1)NCc1ncnn1C.I. The predicted octanol–water partition coefficient (Wildman–Crippen LogP) is 3.54. The van der Waals surface area contributed by atoms with Crippen molar-refractivity contribution in [2.45, 2.75) is 20.0 Å². The van der Waals surface area contributed by atoms with E-state index in [1.54, 1.807) is 23.9 Å². The highest BCUT2D eigenvalue weighted by Gasteiger charge is 2.06. The van der Waals surface area contributed by atoms with E-state index in [9.17, 15) is 4.39 Å². The van der Waals surface area contributed by atoms with Crippen molar-refractivity contribution in [1.82, 2.24) is 25.4 Å². The molecule has 9 heteroatoms. The monoisotopic (exact) mass is 510 g/mol. The van der Waals surface area contributed by atoms with Gasteiger partial charge >= 0.3 is 0 Å². The van der Waals surface area contributed by atoms with E-state index in [1.807, 2.05) is 32.2 Å². The molecule has 0 aliphatic carbocycles. The summed E-state index contributed by atoms with van der Waals surface area (Å²) in [4.78, 5) is 8.39. The number of nitrogens with zero attached hydrogens (tertiary/aromatic N) is 4. The molecule has 3 rings (SSSR count). The van der Waals surface area contributed by atoms with Crippen LogP contribution in [0.5, 0.6) is 11.5 Å². The lowest BCUT2D eigenvalue weighted by Gasteiger charge is -2.13. The molecular weight excluding hydrogens is 486 g/mol. The summed E-state index contributed by atoms with van der Waals surface area (Å²) in [5, 5.41) is 10.5. The van der Waals surface area contributed by atoms with Crippen LogP contribution in [0.3, 0.4) is 0 Å². The smallest absolute Gasteiger partial charge is 0.191 e. The van der Waals surface area contributed by atoms with Crippen molar-refractivity contribution in [2.24, 2.45) is 12.0 Å². The number of nitrogens with one attached hydrogen (secondary N) is 2. The fourth-order valence-electron chi connectivity index (χ4n) is 2.61. The van der Waals surface area contributed by atoms with Crippen LogP contribution in [0.2, 0.25) is 0 Å². The minimum atomic E-state index is -0.285. The minimum absolute atomic E-state index is 0. The second-order valence-corrected chi connectivity index (χ2v) is 6.24. The molecule has 0 bridgehead atoms. The second-order valence-electron chi connectivity index (χ2n) is 6.24. The van der Waals surface area contributed by atoms with Gasteiger partial charge in [0.05, 0.1) is 6.54 Å². The largest absolute Gasteiger partial charge is 0.457 e. The van der Waals surface area contributed by atoms with Crippen LogP contribution in [0.1, 0.15) is 17.0 Å². The topological polar surface area (TPSA) is 76.4 Å². The third kappa shape index (κ3) is 6.41. The van der Waals surface area contributed by atoms with E-state index in [2.05, 4.69) is 25.7 Å². The Morgan fingerprint density at radius 1 is 1.14 bits per heavy atom. The van der Waals surface area contributed by atoms with E-state index < -0.39 is 0 Å². The second kappa shape index (κ2) is 10.7. The van der Waals surface area contributed by atoms with Gasteiger partial charge in [0.1, 0.15) is 29.5 Å². The summed E-state index contributed by atoms with van der Waals surface area (Å²) < 4.78 is 20.5. The predicted molar refractivity (Wildman–Crippen MR) is 121 cm³/mol. The Morgan fingerprint density at radius 2 is 1.86 bits per heavy atom. The number of guanidine groups is 1. The molecule has 0 spiro atoms. The molecule has 0 atom stereocenters. The zero-order chi connectivity index (χ0) is 19.9. The van der Waals surface area contributed by atoms with Crippen molar-refractivity contribution in [3.63, 3.8) is 0 Å². The van der Waals surface area contributed by atoms with Crippen LogP contribution >= 0.6 is 24.0 Å². The number of benzene rings is 2. The van der Waals surface area contributed by atoms with Crippen molar-refractivity contribution < 1.29 is 9.13 Å². The van der Waals surface area contributed by atoms with E-state index in [0.29, 0.717) is 24.8 Å². The number of halogens is 2. The molecule has 0 radical (unpaired) electrons. The number of hydrogen-bond donors (Lipinski definition) is 2. The average molecular weight is 510 g/mol. The quantitative estimate of drug-likeness (QED) is 0.302. The molecule has 0 unspecified atom stereocenters. The standard InChI is InChI=1S/C20H23FN6O.HI/c1-14-10-15(4-9-18(14)28-17-7-5-16(21)6-8-17)11-23-20(22-2)24-12-19-25-13-26-27(19)3;/h4-10,13H,11-12H2,1-3H3,(H2,22,23,24);1H. The molecule has 7 nitrogen and oxygen atoms in total. The molecule has 29 heavy (non-hydrogen) atoms. The highest BCUT2D eigenvalue weighted by molar-refractivity contribution is 14.0. The van der Waals surface area contributed by atoms with E-state index in [-0.39, 0.29) is 29.8 Å².